The van der Waals surface area contributed by atoms with Crippen molar-refractivity contribution in [3.8, 4) is 0 Å². The maximum absolute atomic E-state index is 12.0. The minimum atomic E-state index is 0. The lowest BCUT2D eigenvalue weighted by molar-refractivity contribution is -0.118. The number of amides is 1. The van der Waals surface area contributed by atoms with Gasteiger partial charge in [0.25, 0.3) is 0 Å². The molecule has 24 heavy (non-hydrogen) atoms. The number of hydrogen-bond donors (Lipinski definition) is 2. The predicted molar refractivity (Wildman–Crippen MR) is 105 cm³/mol. The average Bonchev–Trinajstić information content (AvgIpc) is 2.61. The summed E-state index contributed by atoms with van der Waals surface area (Å²) in [4.78, 5) is 13.1. The van der Waals surface area contributed by atoms with E-state index in [0.717, 1.165) is 36.9 Å². The second-order valence-electron chi connectivity index (χ2n) is 6.15. The lowest BCUT2D eigenvalue weighted by Crippen LogP contribution is -2.33. The molecule has 5 heteroatoms. The van der Waals surface area contributed by atoms with Gasteiger partial charge in [-0.2, -0.15) is 0 Å². The first-order valence-corrected chi connectivity index (χ1v) is 9.39. The number of thioether (sulfide) groups is 1. The third-order valence-corrected chi connectivity index (χ3v) is 5.36. The lowest BCUT2D eigenvalue weighted by atomic mass is 9.96. The molecular weight excluding hydrogens is 340 g/mol. The fourth-order valence-corrected chi connectivity index (χ4v) is 3.82. The van der Waals surface area contributed by atoms with Gasteiger partial charge in [0, 0.05) is 11.4 Å². The van der Waals surface area contributed by atoms with E-state index in [1.165, 1.54) is 23.6 Å². The van der Waals surface area contributed by atoms with Crippen LogP contribution in [0.25, 0.3) is 10.8 Å². The minimum absolute atomic E-state index is 0. The SMILES string of the molecule is Cl.O=C(CSc1ccc2ccccc2c1)NCCC1CCCNC1. The quantitative estimate of drug-likeness (QED) is 0.765. The molecule has 3 rings (SSSR count). The topological polar surface area (TPSA) is 41.1 Å². The number of hydrogen-bond acceptors (Lipinski definition) is 3. The van der Waals surface area contributed by atoms with Gasteiger partial charge in [-0.15, -0.1) is 24.2 Å². The van der Waals surface area contributed by atoms with Crippen LogP contribution in [-0.4, -0.2) is 31.3 Å². The fourth-order valence-electron chi connectivity index (χ4n) is 3.04. The van der Waals surface area contributed by atoms with Crippen LogP contribution in [0.2, 0.25) is 0 Å². The normalized spacial score (nSPS) is 17.2. The van der Waals surface area contributed by atoms with Crippen LogP contribution in [0.4, 0.5) is 0 Å². The molecule has 1 aliphatic rings. The van der Waals surface area contributed by atoms with Crippen molar-refractivity contribution in [2.75, 3.05) is 25.4 Å². The van der Waals surface area contributed by atoms with Crippen LogP contribution in [0.5, 0.6) is 0 Å². The van der Waals surface area contributed by atoms with Gasteiger partial charge in [0.2, 0.25) is 5.91 Å². The van der Waals surface area contributed by atoms with E-state index in [4.69, 9.17) is 0 Å². The second kappa shape index (κ2) is 9.92. The second-order valence-corrected chi connectivity index (χ2v) is 7.20. The summed E-state index contributed by atoms with van der Waals surface area (Å²) in [6, 6.07) is 14.7. The number of nitrogens with one attached hydrogen (secondary N) is 2. The summed E-state index contributed by atoms with van der Waals surface area (Å²) in [5, 5.41) is 8.93. The minimum Gasteiger partial charge on any atom is -0.355 e. The Morgan fingerprint density at radius 2 is 2.04 bits per heavy atom. The highest BCUT2D eigenvalue weighted by Crippen LogP contribution is 2.23. The van der Waals surface area contributed by atoms with E-state index < -0.39 is 0 Å². The highest BCUT2D eigenvalue weighted by molar-refractivity contribution is 8.00. The third kappa shape index (κ3) is 5.69. The Morgan fingerprint density at radius 3 is 2.83 bits per heavy atom. The van der Waals surface area contributed by atoms with Crippen LogP contribution in [0.1, 0.15) is 19.3 Å². The number of piperidine rings is 1. The number of carbonyl (C=O) groups excluding carboxylic acids is 1. The first-order chi connectivity index (χ1) is 11.3. The van der Waals surface area contributed by atoms with Crippen molar-refractivity contribution in [2.24, 2.45) is 5.92 Å². The number of fused-ring (bicyclic) bond motifs is 1. The van der Waals surface area contributed by atoms with Crippen LogP contribution in [0.3, 0.4) is 0 Å². The number of halogens is 1. The average molecular weight is 365 g/mol. The molecule has 2 N–H and O–H groups in total. The zero-order chi connectivity index (χ0) is 15.9. The van der Waals surface area contributed by atoms with Gasteiger partial charge < -0.3 is 10.6 Å². The molecule has 1 unspecified atom stereocenters. The van der Waals surface area contributed by atoms with E-state index in [9.17, 15) is 4.79 Å². The molecule has 3 nitrogen and oxygen atoms in total. The van der Waals surface area contributed by atoms with Gasteiger partial charge in [0.1, 0.15) is 0 Å². The summed E-state index contributed by atoms with van der Waals surface area (Å²) in [5.74, 6) is 1.34. The van der Waals surface area contributed by atoms with Crippen LogP contribution in [0, 0.1) is 5.92 Å². The van der Waals surface area contributed by atoms with Gasteiger partial charge in [-0.3, -0.25) is 4.79 Å². The zero-order valence-electron chi connectivity index (χ0n) is 13.8. The molecule has 2 aromatic carbocycles. The molecule has 2 aromatic rings. The molecule has 0 aromatic heterocycles. The largest absolute Gasteiger partial charge is 0.355 e. The predicted octanol–water partition coefficient (Wildman–Crippen LogP) is 3.86. The Kier molecular flexibility index (Phi) is 7.89. The molecule has 0 radical (unpaired) electrons. The number of rotatable bonds is 6. The smallest absolute Gasteiger partial charge is 0.230 e. The van der Waals surface area contributed by atoms with Crippen molar-refractivity contribution >= 4 is 40.8 Å². The molecule has 0 aliphatic carbocycles. The van der Waals surface area contributed by atoms with Crippen LogP contribution in [-0.2, 0) is 4.79 Å². The highest BCUT2D eigenvalue weighted by atomic mass is 35.5. The van der Waals surface area contributed by atoms with Crippen LogP contribution >= 0.6 is 24.2 Å². The van der Waals surface area contributed by atoms with E-state index in [2.05, 4.69) is 41.0 Å². The first kappa shape index (κ1) is 19.1. The molecule has 1 fully saturated rings. The van der Waals surface area contributed by atoms with Gasteiger partial charge in [0.05, 0.1) is 5.75 Å². The Morgan fingerprint density at radius 1 is 1.21 bits per heavy atom. The van der Waals surface area contributed by atoms with Gasteiger partial charge in [-0.1, -0.05) is 30.3 Å². The van der Waals surface area contributed by atoms with Crippen molar-refractivity contribution in [1.82, 2.24) is 10.6 Å². The summed E-state index contributed by atoms with van der Waals surface area (Å²) < 4.78 is 0. The Balaban J connectivity index is 0.00000208. The van der Waals surface area contributed by atoms with Crippen molar-refractivity contribution in [3.05, 3.63) is 42.5 Å². The molecule has 1 heterocycles. The maximum atomic E-state index is 12.0. The summed E-state index contributed by atoms with van der Waals surface area (Å²) in [7, 11) is 0. The molecule has 1 saturated heterocycles. The summed E-state index contributed by atoms with van der Waals surface area (Å²) in [5.41, 5.74) is 0. The highest BCUT2D eigenvalue weighted by Gasteiger charge is 2.12. The van der Waals surface area contributed by atoms with Crippen molar-refractivity contribution in [1.29, 1.82) is 0 Å². The molecule has 130 valence electrons. The monoisotopic (exact) mass is 364 g/mol. The molecule has 1 atom stereocenters. The summed E-state index contributed by atoms with van der Waals surface area (Å²) in [6.45, 7) is 3.04. The molecule has 0 spiro atoms. The van der Waals surface area contributed by atoms with Gasteiger partial charge >= 0.3 is 0 Å². The summed E-state index contributed by atoms with van der Waals surface area (Å²) in [6.07, 6.45) is 3.63. The number of carbonyl (C=O) groups is 1. The molecular formula is C19H25ClN2OS. The van der Waals surface area contributed by atoms with Crippen molar-refractivity contribution in [2.45, 2.75) is 24.2 Å². The lowest BCUT2D eigenvalue weighted by Gasteiger charge is -2.22. The first-order valence-electron chi connectivity index (χ1n) is 8.40. The summed E-state index contributed by atoms with van der Waals surface area (Å²) >= 11 is 1.61. The maximum Gasteiger partial charge on any atom is 0.230 e. The molecule has 0 bridgehead atoms. The van der Waals surface area contributed by atoms with Crippen LogP contribution < -0.4 is 10.6 Å². The zero-order valence-corrected chi connectivity index (χ0v) is 15.4. The molecule has 1 amide bonds. The fraction of sp³-hybridized carbons (Fsp3) is 0.421. The van der Waals surface area contributed by atoms with E-state index in [-0.39, 0.29) is 18.3 Å². The Labute approximate surface area is 154 Å². The van der Waals surface area contributed by atoms with Gasteiger partial charge in [-0.05, 0) is 61.2 Å². The van der Waals surface area contributed by atoms with Crippen molar-refractivity contribution in [3.63, 3.8) is 0 Å². The Hall–Kier alpha value is -1.23. The Bertz CT molecular complexity index is 659. The van der Waals surface area contributed by atoms with Crippen LogP contribution in [0.15, 0.2) is 47.4 Å². The molecule has 0 saturated carbocycles. The van der Waals surface area contributed by atoms with E-state index in [1.807, 2.05) is 12.1 Å². The van der Waals surface area contributed by atoms with E-state index >= 15 is 0 Å². The number of benzene rings is 2. The molecule has 1 aliphatic heterocycles. The van der Waals surface area contributed by atoms with Gasteiger partial charge in [0.15, 0.2) is 0 Å². The standard InChI is InChI=1S/C19H24N2OS.ClH/c22-19(21-11-9-15-4-3-10-20-13-15)14-23-18-8-7-16-5-1-2-6-17(16)12-18;/h1-2,5-8,12,15,20H,3-4,9-11,13-14H2,(H,21,22);1H. The third-order valence-electron chi connectivity index (χ3n) is 4.36. The van der Waals surface area contributed by atoms with E-state index in [1.54, 1.807) is 11.8 Å². The van der Waals surface area contributed by atoms with Crippen molar-refractivity contribution < 1.29 is 4.79 Å². The van der Waals surface area contributed by atoms with Gasteiger partial charge in [-0.25, -0.2) is 0 Å². The van der Waals surface area contributed by atoms with E-state index in [0.29, 0.717) is 5.75 Å².